The van der Waals surface area contributed by atoms with Gasteiger partial charge in [-0.1, -0.05) is 12.1 Å². The Bertz CT molecular complexity index is 934. The molecule has 0 spiro atoms. The van der Waals surface area contributed by atoms with Crippen molar-refractivity contribution in [2.75, 3.05) is 44.2 Å². The van der Waals surface area contributed by atoms with Crippen LogP contribution in [0.15, 0.2) is 24.3 Å². The van der Waals surface area contributed by atoms with Gasteiger partial charge in [0.2, 0.25) is 0 Å². The van der Waals surface area contributed by atoms with E-state index in [1.54, 1.807) is 0 Å². The Labute approximate surface area is 182 Å². The number of aromatic hydroxyl groups is 2. The number of aliphatic hydroxyl groups is 1. The second-order valence-electron chi connectivity index (χ2n) is 8.20. The fourth-order valence-electron chi connectivity index (χ4n) is 4.57. The quantitative estimate of drug-likeness (QED) is 0.614. The van der Waals surface area contributed by atoms with E-state index in [1.807, 2.05) is 25.1 Å². The summed E-state index contributed by atoms with van der Waals surface area (Å²) >= 11 is 0. The van der Waals surface area contributed by atoms with Gasteiger partial charge in [-0.2, -0.15) is 0 Å². The van der Waals surface area contributed by atoms with E-state index < -0.39 is 6.10 Å². The Morgan fingerprint density at radius 2 is 1.74 bits per heavy atom. The highest BCUT2D eigenvalue weighted by molar-refractivity contribution is 5.88. The number of ether oxygens (including phenoxy) is 1. The number of anilines is 1. The monoisotopic (exact) mass is 429 g/mol. The molecule has 2 aliphatic rings. The molecule has 0 amide bonds. The molecule has 8 heteroatoms. The van der Waals surface area contributed by atoms with E-state index in [-0.39, 0.29) is 30.4 Å². The summed E-state index contributed by atoms with van der Waals surface area (Å²) in [6.45, 7) is 7.64. The lowest BCUT2D eigenvalue weighted by Gasteiger charge is -2.36. The van der Waals surface area contributed by atoms with E-state index >= 15 is 0 Å². The van der Waals surface area contributed by atoms with E-state index in [2.05, 4.69) is 15.9 Å². The summed E-state index contributed by atoms with van der Waals surface area (Å²) in [6, 6.07) is 8.13. The first-order valence-corrected chi connectivity index (χ1v) is 11.0. The van der Waals surface area contributed by atoms with Crippen molar-refractivity contribution in [3.63, 3.8) is 0 Å². The van der Waals surface area contributed by atoms with Gasteiger partial charge in [-0.15, -0.1) is 0 Å². The van der Waals surface area contributed by atoms with Gasteiger partial charge in [0, 0.05) is 56.7 Å². The molecule has 0 saturated carbocycles. The molecule has 0 bridgehead atoms. The number of benzene rings is 1. The predicted molar refractivity (Wildman–Crippen MR) is 117 cm³/mol. The number of piperazine rings is 1. The maximum absolute atomic E-state index is 11.8. The number of para-hydroxylation sites is 2. The number of ketones is 1. The average Bonchev–Trinajstić information content (AvgIpc) is 2.99. The van der Waals surface area contributed by atoms with Crippen molar-refractivity contribution < 1.29 is 24.9 Å². The van der Waals surface area contributed by atoms with Crippen molar-refractivity contribution in [1.82, 2.24) is 9.47 Å². The molecule has 1 aliphatic carbocycles. The fourth-order valence-corrected chi connectivity index (χ4v) is 4.57. The Morgan fingerprint density at radius 1 is 1.03 bits per heavy atom. The van der Waals surface area contributed by atoms with Crippen LogP contribution in [-0.4, -0.2) is 76.0 Å². The van der Waals surface area contributed by atoms with Crippen molar-refractivity contribution >= 4 is 11.5 Å². The highest BCUT2D eigenvalue weighted by Gasteiger charge is 2.32. The van der Waals surface area contributed by atoms with Crippen LogP contribution in [0.25, 0.3) is 0 Å². The van der Waals surface area contributed by atoms with E-state index in [4.69, 9.17) is 4.74 Å². The number of hydrogen-bond acceptors (Lipinski definition) is 7. The lowest BCUT2D eigenvalue weighted by molar-refractivity contribution is -0.127. The van der Waals surface area contributed by atoms with Crippen molar-refractivity contribution in [3.8, 4) is 17.5 Å². The molecule has 1 aromatic carbocycles. The van der Waals surface area contributed by atoms with Gasteiger partial charge >= 0.3 is 0 Å². The first kappa shape index (κ1) is 21.5. The number of carbonyl (C=O) groups is 1. The topological polar surface area (TPSA) is 98.4 Å². The summed E-state index contributed by atoms with van der Waals surface area (Å²) in [5.74, 6) is 0.523. The lowest BCUT2D eigenvalue weighted by Crippen LogP contribution is -2.46. The van der Waals surface area contributed by atoms with Crippen LogP contribution in [-0.2, 0) is 24.2 Å². The zero-order chi connectivity index (χ0) is 22.0. The summed E-state index contributed by atoms with van der Waals surface area (Å²) in [5, 5.41) is 30.7. The molecule has 2 heterocycles. The third kappa shape index (κ3) is 4.36. The van der Waals surface area contributed by atoms with Crippen LogP contribution in [0.2, 0.25) is 0 Å². The van der Waals surface area contributed by atoms with E-state index in [0.29, 0.717) is 24.3 Å². The number of fused-ring (bicyclic) bond motifs is 1. The van der Waals surface area contributed by atoms with Gasteiger partial charge in [0.25, 0.3) is 0 Å². The Hall–Kier alpha value is -2.71. The molecule has 1 aliphatic heterocycles. The Kier molecular flexibility index (Phi) is 6.38. The molecule has 1 aromatic heterocycles. The first-order chi connectivity index (χ1) is 15.0. The number of nitrogens with zero attached hydrogens (tertiary/aromatic N) is 3. The second-order valence-corrected chi connectivity index (χ2v) is 8.20. The molecule has 168 valence electrons. The van der Waals surface area contributed by atoms with Crippen LogP contribution in [0, 0.1) is 0 Å². The van der Waals surface area contributed by atoms with Crippen LogP contribution in [0.3, 0.4) is 0 Å². The molecule has 2 aromatic rings. The number of carbonyl (C=O) groups excluding carboxylic acids is 1. The fraction of sp³-hybridized carbons (Fsp3) is 0.522. The van der Waals surface area contributed by atoms with Crippen LogP contribution in [0.5, 0.6) is 17.5 Å². The minimum Gasteiger partial charge on any atom is -0.494 e. The molecular formula is C23H31N3O5. The molecule has 1 saturated heterocycles. The third-order valence-electron chi connectivity index (χ3n) is 6.27. The molecule has 0 radical (unpaired) electrons. The van der Waals surface area contributed by atoms with Crippen LogP contribution in [0.1, 0.15) is 24.5 Å². The van der Waals surface area contributed by atoms with E-state index in [0.717, 1.165) is 50.6 Å². The number of aliphatic hydroxyl groups excluding tert-OH is 1. The van der Waals surface area contributed by atoms with Gasteiger partial charge in [0.1, 0.15) is 11.9 Å². The molecule has 1 unspecified atom stereocenters. The standard InChI is InChI=1S/C23H31N3O5/c1-2-31-21-7-4-3-6-18(21)25-12-10-24(11-13-25)8-5-9-26-22(29)16-14-19(27)20(28)15-17(16)23(26)30/h3-4,6-7,19,27,29-30H,2,5,8-15H2,1H3. The molecule has 1 fully saturated rings. The maximum Gasteiger partial charge on any atom is 0.197 e. The average molecular weight is 430 g/mol. The molecule has 8 nitrogen and oxygen atoms in total. The smallest absolute Gasteiger partial charge is 0.197 e. The van der Waals surface area contributed by atoms with Crippen LogP contribution in [0.4, 0.5) is 5.69 Å². The number of Topliss-reactive ketones (excluding diaryl/α,β-unsaturated/α-hetero) is 1. The van der Waals surface area contributed by atoms with Crippen LogP contribution < -0.4 is 9.64 Å². The summed E-state index contributed by atoms with van der Waals surface area (Å²) in [5.41, 5.74) is 2.08. The molecular weight excluding hydrogens is 398 g/mol. The molecule has 3 N–H and O–H groups in total. The van der Waals surface area contributed by atoms with Gasteiger partial charge in [-0.25, -0.2) is 0 Å². The Balaban J connectivity index is 1.31. The Morgan fingerprint density at radius 3 is 2.48 bits per heavy atom. The van der Waals surface area contributed by atoms with Crippen molar-refractivity contribution in [2.24, 2.45) is 0 Å². The summed E-state index contributed by atoms with van der Waals surface area (Å²) < 4.78 is 7.22. The third-order valence-corrected chi connectivity index (χ3v) is 6.27. The highest BCUT2D eigenvalue weighted by atomic mass is 16.5. The van der Waals surface area contributed by atoms with E-state index in [1.165, 1.54) is 4.57 Å². The molecule has 1 atom stereocenters. The molecule has 4 rings (SSSR count). The van der Waals surface area contributed by atoms with Gasteiger partial charge in [-0.3, -0.25) is 14.3 Å². The number of rotatable bonds is 7. The predicted octanol–water partition coefficient (Wildman–Crippen LogP) is 1.54. The SMILES string of the molecule is CCOc1ccccc1N1CCN(CCCn2c(O)c3c(c2O)CC(O)C(=O)C3)CC1. The van der Waals surface area contributed by atoms with Gasteiger partial charge < -0.3 is 25.0 Å². The number of aromatic nitrogens is 1. The van der Waals surface area contributed by atoms with Gasteiger partial charge in [-0.05, 0) is 32.0 Å². The first-order valence-electron chi connectivity index (χ1n) is 11.0. The molecule has 31 heavy (non-hydrogen) atoms. The van der Waals surface area contributed by atoms with Crippen molar-refractivity contribution in [1.29, 1.82) is 0 Å². The van der Waals surface area contributed by atoms with Gasteiger partial charge in [0.15, 0.2) is 17.5 Å². The number of hydrogen-bond donors (Lipinski definition) is 3. The largest absolute Gasteiger partial charge is 0.494 e. The minimum atomic E-state index is -1.10. The van der Waals surface area contributed by atoms with Crippen molar-refractivity contribution in [3.05, 3.63) is 35.4 Å². The summed E-state index contributed by atoms with van der Waals surface area (Å²) in [4.78, 5) is 16.5. The highest BCUT2D eigenvalue weighted by Crippen LogP contribution is 2.38. The zero-order valence-corrected chi connectivity index (χ0v) is 18.0. The van der Waals surface area contributed by atoms with Crippen LogP contribution >= 0.6 is 0 Å². The summed E-state index contributed by atoms with van der Waals surface area (Å²) in [7, 11) is 0. The minimum absolute atomic E-state index is 0.0311. The summed E-state index contributed by atoms with van der Waals surface area (Å²) in [6.07, 6.45) is -0.307. The second kappa shape index (κ2) is 9.20. The maximum atomic E-state index is 11.8. The lowest BCUT2D eigenvalue weighted by atomic mass is 9.92. The normalized spacial score (nSPS) is 19.5. The zero-order valence-electron chi connectivity index (χ0n) is 18.0. The van der Waals surface area contributed by atoms with E-state index in [9.17, 15) is 20.1 Å². The van der Waals surface area contributed by atoms with Gasteiger partial charge in [0.05, 0.1) is 12.3 Å². The van der Waals surface area contributed by atoms with Crippen molar-refractivity contribution in [2.45, 2.75) is 38.8 Å².